The first-order valence-electron chi connectivity index (χ1n) is 9.88. The Morgan fingerprint density at radius 1 is 0.967 bits per heavy atom. The van der Waals surface area contributed by atoms with Crippen molar-refractivity contribution in [3.8, 4) is 5.75 Å². The van der Waals surface area contributed by atoms with Crippen LogP contribution in [-0.4, -0.2) is 24.2 Å². The lowest BCUT2D eigenvalue weighted by Gasteiger charge is -2.30. The second-order valence-corrected chi connectivity index (χ2v) is 7.88. The van der Waals surface area contributed by atoms with Crippen molar-refractivity contribution in [2.24, 2.45) is 0 Å². The molecule has 1 aromatic heterocycles. The lowest BCUT2D eigenvalue weighted by molar-refractivity contribution is 0.353. The number of halogens is 3. The summed E-state index contributed by atoms with van der Waals surface area (Å²) < 4.78 is 5.22. The molecule has 0 amide bonds. The van der Waals surface area contributed by atoms with E-state index in [2.05, 4.69) is 39.9 Å². The zero-order chi connectivity index (χ0) is 19.3. The smallest absolute Gasteiger partial charge is 0.118 e. The highest BCUT2D eigenvalue weighted by molar-refractivity contribution is 6.31. The van der Waals surface area contributed by atoms with E-state index in [9.17, 15) is 0 Å². The molecule has 1 heterocycles. The maximum absolute atomic E-state index is 6.09. The fraction of sp³-hybridized carbons (Fsp3) is 0.348. The number of hydrogen-bond acceptors (Lipinski definition) is 4. The minimum Gasteiger partial charge on any atom is -0.497 e. The van der Waals surface area contributed by atoms with Gasteiger partial charge in [-0.3, -0.25) is 4.98 Å². The van der Waals surface area contributed by atoms with E-state index in [4.69, 9.17) is 16.3 Å². The molecule has 1 fully saturated rings. The van der Waals surface area contributed by atoms with E-state index in [0.29, 0.717) is 12.1 Å². The molecule has 0 spiro atoms. The van der Waals surface area contributed by atoms with Crippen molar-refractivity contribution in [2.75, 3.05) is 12.4 Å². The van der Waals surface area contributed by atoms with Gasteiger partial charge in [-0.1, -0.05) is 23.7 Å². The molecule has 4 nitrogen and oxygen atoms in total. The number of benzene rings is 2. The number of nitrogens with one attached hydrogen (secondary N) is 2. The third-order valence-corrected chi connectivity index (χ3v) is 5.78. The number of ether oxygens (including phenoxy) is 1. The number of hydrogen-bond donors (Lipinski definition) is 2. The number of rotatable bonds is 6. The number of nitrogens with zero attached hydrogens (tertiary/aromatic N) is 1. The Hall–Kier alpha value is -1.72. The molecule has 1 aliphatic carbocycles. The van der Waals surface area contributed by atoms with Gasteiger partial charge in [-0.05, 0) is 67.6 Å². The van der Waals surface area contributed by atoms with E-state index in [1.54, 1.807) is 7.11 Å². The van der Waals surface area contributed by atoms with Gasteiger partial charge >= 0.3 is 0 Å². The van der Waals surface area contributed by atoms with Crippen LogP contribution < -0.4 is 15.4 Å². The first-order valence-corrected chi connectivity index (χ1v) is 10.3. The zero-order valence-electron chi connectivity index (χ0n) is 16.9. The van der Waals surface area contributed by atoms with Gasteiger partial charge in [0, 0.05) is 40.9 Å². The number of anilines is 1. The topological polar surface area (TPSA) is 46.2 Å². The monoisotopic (exact) mass is 467 g/mol. The molecule has 0 unspecified atom stereocenters. The van der Waals surface area contributed by atoms with Crippen LogP contribution >= 0.6 is 36.4 Å². The summed E-state index contributed by atoms with van der Waals surface area (Å²) in [7, 11) is 1.70. The summed E-state index contributed by atoms with van der Waals surface area (Å²) in [5.41, 5.74) is 3.38. The van der Waals surface area contributed by atoms with E-state index in [-0.39, 0.29) is 24.8 Å². The summed E-state index contributed by atoms with van der Waals surface area (Å²) in [5.74, 6) is 0.904. The molecule has 7 heteroatoms. The Morgan fingerprint density at radius 3 is 2.37 bits per heavy atom. The molecule has 2 aromatic carbocycles. The third kappa shape index (κ3) is 6.14. The third-order valence-electron chi connectivity index (χ3n) is 5.55. The standard InChI is InChI=1S/C23H26ClN3O.2ClH/c1-28-20-9-2-16(3-10-20)15-26-18-5-7-19(8-6-18)27-22-12-13-25-23-14-17(24)4-11-21(22)23;;/h2-4,9-14,18-19,26H,5-8,15H2,1H3,(H,25,27);2*1H. The summed E-state index contributed by atoms with van der Waals surface area (Å²) in [6, 6.07) is 17.3. The van der Waals surface area contributed by atoms with Gasteiger partial charge in [0.25, 0.3) is 0 Å². The average molecular weight is 469 g/mol. The van der Waals surface area contributed by atoms with Crippen molar-refractivity contribution in [3.05, 3.63) is 65.3 Å². The molecule has 30 heavy (non-hydrogen) atoms. The van der Waals surface area contributed by atoms with Gasteiger partial charge in [0.1, 0.15) is 5.75 Å². The van der Waals surface area contributed by atoms with Gasteiger partial charge in [0.2, 0.25) is 0 Å². The highest BCUT2D eigenvalue weighted by Gasteiger charge is 2.21. The predicted octanol–water partition coefficient (Wildman–Crippen LogP) is 6.25. The maximum Gasteiger partial charge on any atom is 0.118 e. The SMILES string of the molecule is COc1ccc(CNC2CCC(Nc3ccnc4cc(Cl)ccc34)CC2)cc1.Cl.Cl. The van der Waals surface area contributed by atoms with Crippen LogP contribution in [0.3, 0.4) is 0 Å². The van der Waals surface area contributed by atoms with Crippen LogP contribution in [-0.2, 0) is 6.54 Å². The molecule has 0 atom stereocenters. The Labute approximate surface area is 195 Å². The summed E-state index contributed by atoms with van der Waals surface area (Å²) in [6.45, 7) is 0.905. The van der Waals surface area contributed by atoms with Crippen LogP contribution in [0.5, 0.6) is 5.75 Å². The van der Waals surface area contributed by atoms with Crippen LogP contribution in [0, 0.1) is 0 Å². The van der Waals surface area contributed by atoms with Crippen molar-refractivity contribution in [1.29, 1.82) is 0 Å². The van der Waals surface area contributed by atoms with Gasteiger partial charge in [0.05, 0.1) is 12.6 Å². The van der Waals surface area contributed by atoms with Crippen molar-refractivity contribution in [2.45, 2.75) is 44.3 Å². The molecule has 0 radical (unpaired) electrons. The largest absolute Gasteiger partial charge is 0.497 e. The molecule has 0 aliphatic heterocycles. The second kappa shape index (κ2) is 11.6. The average Bonchev–Trinajstić information content (AvgIpc) is 2.73. The number of pyridine rings is 1. The fourth-order valence-corrected chi connectivity index (χ4v) is 4.08. The summed E-state index contributed by atoms with van der Waals surface area (Å²) in [5, 5.41) is 9.28. The number of aromatic nitrogens is 1. The van der Waals surface area contributed by atoms with E-state index >= 15 is 0 Å². The van der Waals surface area contributed by atoms with Crippen molar-refractivity contribution < 1.29 is 4.74 Å². The molecule has 2 N–H and O–H groups in total. The summed E-state index contributed by atoms with van der Waals surface area (Å²) in [4.78, 5) is 4.43. The molecule has 0 bridgehead atoms. The summed E-state index contributed by atoms with van der Waals surface area (Å²) in [6.07, 6.45) is 6.55. The fourth-order valence-electron chi connectivity index (χ4n) is 3.91. The van der Waals surface area contributed by atoms with E-state index in [1.165, 1.54) is 18.4 Å². The Balaban J connectivity index is 0.00000160. The number of methoxy groups -OCH3 is 1. The van der Waals surface area contributed by atoms with Crippen LogP contribution in [0.15, 0.2) is 54.7 Å². The lowest BCUT2D eigenvalue weighted by atomic mass is 9.90. The predicted molar refractivity (Wildman–Crippen MR) is 131 cm³/mol. The van der Waals surface area contributed by atoms with Crippen molar-refractivity contribution in [1.82, 2.24) is 10.3 Å². The van der Waals surface area contributed by atoms with Gasteiger partial charge in [-0.2, -0.15) is 0 Å². The first kappa shape index (κ1) is 24.5. The zero-order valence-corrected chi connectivity index (χ0v) is 19.3. The lowest BCUT2D eigenvalue weighted by Crippen LogP contribution is -2.36. The van der Waals surface area contributed by atoms with Gasteiger partial charge in [-0.15, -0.1) is 24.8 Å². The van der Waals surface area contributed by atoms with Crippen LogP contribution in [0.2, 0.25) is 5.02 Å². The normalized spacial score (nSPS) is 18.2. The van der Waals surface area contributed by atoms with Crippen LogP contribution in [0.1, 0.15) is 31.2 Å². The maximum atomic E-state index is 6.09. The minimum absolute atomic E-state index is 0. The highest BCUT2D eigenvalue weighted by Crippen LogP contribution is 2.28. The molecule has 162 valence electrons. The van der Waals surface area contributed by atoms with E-state index in [0.717, 1.165) is 46.7 Å². The van der Waals surface area contributed by atoms with Crippen molar-refractivity contribution >= 4 is 53.0 Å². The summed E-state index contributed by atoms with van der Waals surface area (Å²) >= 11 is 6.09. The number of fused-ring (bicyclic) bond motifs is 1. The first-order chi connectivity index (χ1) is 13.7. The second-order valence-electron chi connectivity index (χ2n) is 7.44. The minimum atomic E-state index is 0. The Bertz CT molecular complexity index is 929. The molecule has 3 aromatic rings. The molecule has 4 rings (SSSR count). The Morgan fingerprint density at radius 2 is 1.67 bits per heavy atom. The van der Waals surface area contributed by atoms with Crippen LogP contribution in [0.25, 0.3) is 10.9 Å². The quantitative estimate of drug-likeness (QED) is 0.448. The molecular formula is C23H28Cl3N3O. The van der Waals surface area contributed by atoms with Gasteiger partial charge < -0.3 is 15.4 Å². The molecular weight excluding hydrogens is 441 g/mol. The van der Waals surface area contributed by atoms with E-state index < -0.39 is 0 Å². The molecule has 0 saturated heterocycles. The Kier molecular flexibility index (Phi) is 9.50. The van der Waals surface area contributed by atoms with Crippen LogP contribution in [0.4, 0.5) is 5.69 Å². The molecule has 1 aliphatic rings. The van der Waals surface area contributed by atoms with E-state index in [1.807, 2.05) is 30.5 Å². The van der Waals surface area contributed by atoms with Gasteiger partial charge in [0.15, 0.2) is 0 Å². The highest BCUT2D eigenvalue weighted by atomic mass is 35.5. The van der Waals surface area contributed by atoms with Crippen molar-refractivity contribution in [3.63, 3.8) is 0 Å². The molecule has 1 saturated carbocycles. The van der Waals surface area contributed by atoms with Gasteiger partial charge in [-0.25, -0.2) is 0 Å².